The van der Waals surface area contributed by atoms with Crippen molar-refractivity contribution >= 4 is 33.2 Å². The number of hydrogen-bond acceptors (Lipinski definition) is 5. The van der Waals surface area contributed by atoms with Gasteiger partial charge in [0.25, 0.3) is 11.5 Å². The summed E-state index contributed by atoms with van der Waals surface area (Å²) in [5, 5.41) is 2.52. The molecule has 1 aliphatic rings. The number of aromatic nitrogens is 1. The molecule has 2 N–H and O–H groups in total. The quantitative estimate of drug-likeness (QED) is 0.548. The van der Waals surface area contributed by atoms with E-state index in [-0.39, 0.29) is 24.4 Å². The molecule has 0 saturated heterocycles. The monoisotopic (exact) mass is 471 g/mol. The molecule has 1 heterocycles. The third-order valence-corrected chi connectivity index (χ3v) is 4.87. The molecular formula is C19H20BrF2N3O4. The van der Waals surface area contributed by atoms with Gasteiger partial charge in [-0.3, -0.25) is 14.4 Å². The summed E-state index contributed by atoms with van der Waals surface area (Å²) in [5.41, 5.74) is 0.576. The molecule has 3 rings (SSSR count). The minimum Gasteiger partial charge on any atom is -0.383 e. The summed E-state index contributed by atoms with van der Waals surface area (Å²) in [7, 11) is 1.44. The average Bonchev–Trinajstić information content (AvgIpc) is 3.51. The van der Waals surface area contributed by atoms with E-state index >= 15 is 0 Å². The molecule has 10 heteroatoms. The van der Waals surface area contributed by atoms with Crippen molar-refractivity contribution in [2.45, 2.75) is 19.4 Å². The zero-order chi connectivity index (χ0) is 21.0. The molecule has 156 valence electrons. The number of halogens is 3. The van der Waals surface area contributed by atoms with Gasteiger partial charge in [-0.15, -0.1) is 0 Å². The summed E-state index contributed by atoms with van der Waals surface area (Å²) in [6, 6.07) is 4.08. The van der Waals surface area contributed by atoms with Crippen LogP contribution in [-0.4, -0.2) is 30.8 Å². The largest absolute Gasteiger partial charge is 0.383 e. The number of hydrogen-bond donors (Lipinski definition) is 2. The van der Waals surface area contributed by atoms with Gasteiger partial charge in [0.05, 0.1) is 30.2 Å². The van der Waals surface area contributed by atoms with Gasteiger partial charge in [-0.25, -0.2) is 9.87 Å². The van der Waals surface area contributed by atoms with Crippen molar-refractivity contribution in [3.8, 4) is 0 Å². The molecule has 0 radical (unpaired) electrons. The van der Waals surface area contributed by atoms with Crippen LogP contribution in [-0.2, 0) is 16.1 Å². The van der Waals surface area contributed by atoms with Crippen molar-refractivity contribution in [1.82, 2.24) is 10.0 Å². The third kappa shape index (κ3) is 5.40. The van der Waals surface area contributed by atoms with Gasteiger partial charge in [-0.1, -0.05) is 15.9 Å². The Morgan fingerprint density at radius 1 is 1.34 bits per heavy atom. The van der Waals surface area contributed by atoms with Crippen LogP contribution >= 0.6 is 15.9 Å². The predicted molar refractivity (Wildman–Crippen MR) is 106 cm³/mol. The van der Waals surface area contributed by atoms with Crippen LogP contribution in [0.25, 0.3) is 0 Å². The molecule has 1 aromatic carbocycles. The highest BCUT2D eigenvalue weighted by Gasteiger charge is 2.24. The highest BCUT2D eigenvalue weighted by atomic mass is 79.9. The van der Waals surface area contributed by atoms with Crippen molar-refractivity contribution in [2.75, 3.05) is 25.6 Å². The number of ether oxygens (including phenoxy) is 1. The Hall–Kier alpha value is -2.30. The van der Waals surface area contributed by atoms with E-state index in [0.717, 1.165) is 17.4 Å². The summed E-state index contributed by atoms with van der Waals surface area (Å²) < 4.78 is 35.5. The van der Waals surface area contributed by atoms with E-state index in [1.165, 1.54) is 25.4 Å². The number of rotatable bonds is 9. The van der Waals surface area contributed by atoms with Crippen LogP contribution in [0.1, 0.15) is 23.2 Å². The first-order valence-corrected chi connectivity index (χ1v) is 9.76. The third-order valence-electron chi connectivity index (χ3n) is 4.37. The van der Waals surface area contributed by atoms with Crippen molar-refractivity contribution in [2.24, 2.45) is 5.92 Å². The number of nitrogens with one attached hydrogen (secondary N) is 2. The molecule has 0 unspecified atom stereocenters. The van der Waals surface area contributed by atoms with Crippen molar-refractivity contribution < 1.29 is 23.1 Å². The first kappa shape index (κ1) is 21.4. The molecule has 7 nitrogen and oxygen atoms in total. The van der Waals surface area contributed by atoms with Gasteiger partial charge in [-0.2, -0.15) is 4.39 Å². The van der Waals surface area contributed by atoms with Crippen LogP contribution in [0.3, 0.4) is 0 Å². The predicted octanol–water partition coefficient (Wildman–Crippen LogP) is 3.35. The van der Waals surface area contributed by atoms with Gasteiger partial charge in [-0.05, 0) is 37.0 Å². The second kappa shape index (κ2) is 9.47. The first-order valence-electron chi connectivity index (χ1n) is 8.96. The Morgan fingerprint density at radius 2 is 2.10 bits per heavy atom. The fourth-order valence-electron chi connectivity index (χ4n) is 2.57. The number of amides is 1. The standard InChI is InChI=1S/C19H20BrF2N3O4/c1-28-7-6-25-9-13(18(26)24-29-10-11-2-3-11)17(16(22)19(25)27)23-15-5-4-12(20)8-14(15)21/h4-5,8-9,11,23H,2-3,6-7,10H2,1H3,(H,24,26). The molecule has 1 saturated carbocycles. The van der Waals surface area contributed by atoms with Crippen molar-refractivity contribution in [1.29, 1.82) is 0 Å². The second-order valence-corrected chi connectivity index (χ2v) is 7.57. The van der Waals surface area contributed by atoms with Gasteiger partial charge in [0.15, 0.2) is 0 Å². The number of benzene rings is 1. The van der Waals surface area contributed by atoms with E-state index in [9.17, 15) is 18.4 Å². The fraction of sp³-hybridized carbons (Fsp3) is 0.368. The molecule has 1 amide bonds. The van der Waals surface area contributed by atoms with Gasteiger partial charge < -0.3 is 14.6 Å². The lowest BCUT2D eigenvalue weighted by Crippen LogP contribution is -2.31. The second-order valence-electron chi connectivity index (χ2n) is 6.66. The van der Waals surface area contributed by atoms with Gasteiger partial charge in [0.1, 0.15) is 5.82 Å². The van der Waals surface area contributed by atoms with E-state index < -0.39 is 28.8 Å². The van der Waals surface area contributed by atoms with Crippen LogP contribution in [0.2, 0.25) is 0 Å². The fourth-order valence-corrected chi connectivity index (χ4v) is 2.90. The maximum Gasteiger partial charge on any atom is 0.288 e. The highest BCUT2D eigenvalue weighted by Crippen LogP contribution is 2.29. The Labute approximate surface area is 174 Å². The topological polar surface area (TPSA) is 81.6 Å². The Morgan fingerprint density at radius 3 is 2.76 bits per heavy atom. The van der Waals surface area contributed by atoms with Gasteiger partial charge in [0.2, 0.25) is 5.82 Å². The van der Waals surface area contributed by atoms with E-state index in [1.807, 2.05) is 0 Å². The number of anilines is 2. The first-order chi connectivity index (χ1) is 13.9. The Bertz CT molecular complexity index is 963. The van der Waals surface area contributed by atoms with Crippen molar-refractivity contribution in [3.63, 3.8) is 0 Å². The van der Waals surface area contributed by atoms with Crippen LogP contribution < -0.4 is 16.4 Å². The molecule has 0 spiro atoms. The van der Waals surface area contributed by atoms with E-state index in [4.69, 9.17) is 9.57 Å². The molecule has 29 heavy (non-hydrogen) atoms. The number of hydroxylamine groups is 1. The molecule has 0 bridgehead atoms. The van der Waals surface area contributed by atoms with E-state index in [2.05, 4.69) is 26.7 Å². The van der Waals surface area contributed by atoms with Crippen LogP contribution in [0.5, 0.6) is 0 Å². The van der Waals surface area contributed by atoms with Crippen molar-refractivity contribution in [3.05, 3.63) is 56.4 Å². The SMILES string of the molecule is COCCn1cc(C(=O)NOCC2CC2)c(Nc2ccc(Br)cc2F)c(F)c1=O. The average molecular weight is 472 g/mol. The smallest absolute Gasteiger partial charge is 0.288 e. The molecule has 0 aliphatic heterocycles. The van der Waals surface area contributed by atoms with Gasteiger partial charge in [0, 0.05) is 24.3 Å². The summed E-state index contributed by atoms with van der Waals surface area (Å²) in [6.45, 7) is 0.538. The maximum absolute atomic E-state index is 14.9. The molecule has 0 atom stereocenters. The van der Waals surface area contributed by atoms with Crippen LogP contribution in [0.15, 0.2) is 33.7 Å². The summed E-state index contributed by atoms with van der Waals surface area (Å²) in [5.74, 6) is -2.25. The minimum atomic E-state index is -1.21. The number of carbonyl (C=O) groups is 1. The van der Waals surface area contributed by atoms with Crippen LogP contribution in [0.4, 0.5) is 20.2 Å². The zero-order valence-electron chi connectivity index (χ0n) is 15.6. The number of pyridine rings is 1. The summed E-state index contributed by atoms with van der Waals surface area (Å²) in [4.78, 5) is 30.1. The maximum atomic E-state index is 14.9. The molecular weight excluding hydrogens is 452 g/mol. The molecule has 1 aliphatic carbocycles. The molecule has 1 aromatic heterocycles. The Kier molecular flexibility index (Phi) is 6.99. The number of methoxy groups -OCH3 is 1. The number of carbonyl (C=O) groups excluding carboxylic acids is 1. The number of nitrogens with zero attached hydrogens (tertiary/aromatic N) is 1. The van der Waals surface area contributed by atoms with E-state index in [0.29, 0.717) is 17.0 Å². The normalized spacial score (nSPS) is 13.4. The highest BCUT2D eigenvalue weighted by molar-refractivity contribution is 9.10. The molecule has 1 fully saturated rings. The van der Waals surface area contributed by atoms with Gasteiger partial charge >= 0.3 is 0 Å². The minimum absolute atomic E-state index is 0.0440. The van der Waals surface area contributed by atoms with E-state index in [1.54, 1.807) is 6.07 Å². The lowest BCUT2D eigenvalue weighted by molar-refractivity contribution is 0.0270. The Balaban J connectivity index is 1.95. The molecule has 2 aromatic rings. The lowest BCUT2D eigenvalue weighted by atomic mass is 10.2. The summed E-state index contributed by atoms with van der Waals surface area (Å²) in [6.07, 6.45) is 3.25. The summed E-state index contributed by atoms with van der Waals surface area (Å²) >= 11 is 3.14. The van der Waals surface area contributed by atoms with Crippen LogP contribution in [0, 0.1) is 17.6 Å². The zero-order valence-corrected chi connectivity index (χ0v) is 17.2. The lowest BCUT2D eigenvalue weighted by Gasteiger charge is -2.16.